The first-order valence-corrected chi connectivity index (χ1v) is 10.8. The van der Waals surface area contributed by atoms with Crippen LogP contribution in [0, 0.1) is 5.92 Å². The molecule has 2 amide bonds. The second kappa shape index (κ2) is 9.25. The van der Waals surface area contributed by atoms with Crippen molar-refractivity contribution in [2.75, 3.05) is 23.3 Å². The van der Waals surface area contributed by atoms with E-state index in [1.807, 2.05) is 12.1 Å². The molecule has 168 valence electrons. The lowest BCUT2D eigenvalue weighted by molar-refractivity contribution is 0.102. The number of furan rings is 1. The number of aryl methyl sites for hydroxylation is 1. The molecule has 9 nitrogen and oxygen atoms in total. The van der Waals surface area contributed by atoms with Gasteiger partial charge in [0.2, 0.25) is 0 Å². The maximum Gasteiger partial charge on any atom is 0.404 e. The predicted molar refractivity (Wildman–Crippen MR) is 121 cm³/mol. The number of nitrogens with one attached hydrogen (secondary N) is 2. The van der Waals surface area contributed by atoms with Crippen molar-refractivity contribution in [3.63, 3.8) is 0 Å². The van der Waals surface area contributed by atoms with Gasteiger partial charge in [0.1, 0.15) is 17.0 Å². The summed E-state index contributed by atoms with van der Waals surface area (Å²) in [5, 5.41) is 14.6. The monoisotopic (exact) mass is 437 g/mol. The van der Waals surface area contributed by atoms with Gasteiger partial charge in [-0.2, -0.15) is 0 Å². The van der Waals surface area contributed by atoms with E-state index in [-0.39, 0.29) is 17.6 Å². The summed E-state index contributed by atoms with van der Waals surface area (Å²) in [6, 6.07) is 6.92. The third kappa shape index (κ3) is 4.82. The van der Waals surface area contributed by atoms with E-state index >= 15 is 0 Å². The highest BCUT2D eigenvalue weighted by Crippen LogP contribution is 2.30. The molecule has 3 N–H and O–H groups in total. The van der Waals surface area contributed by atoms with Gasteiger partial charge in [0.25, 0.3) is 5.91 Å². The summed E-state index contributed by atoms with van der Waals surface area (Å²) in [6.07, 6.45) is 4.79. The first-order chi connectivity index (χ1) is 15.4. The molecule has 0 bridgehead atoms. The molecule has 32 heavy (non-hydrogen) atoms. The number of pyridine rings is 2. The molecule has 1 saturated heterocycles. The number of fused-ring (bicyclic) bond motifs is 1. The molecule has 1 aliphatic rings. The second-order valence-corrected chi connectivity index (χ2v) is 8.28. The molecule has 0 spiro atoms. The van der Waals surface area contributed by atoms with E-state index in [2.05, 4.69) is 39.3 Å². The summed E-state index contributed by atoms with van der Waals surface area (Å²) < 4.78 is 5.75. The van der Waals surface area contributed by atoms with Crippen LogP contribution in [0.2, 0.25) is 0 Å². The predicted octanol–water partition coefficient (Wildman–Crippen LogP) is 3.91. The maximum atomic E-state index is 13.0. The fraction of sp³-hybridized carbons (Fsp3) is 0.391. The highest BCUT2D eigenvalue weighted by atomic mass is 16.4. The van der Waals surface area contributed by atoms with Crippen LogP contribution in [-0.4, -0.2) is 46.2 Å². The number of hydrogen-bond acceptors (Lipinski definition) is 6. The van der Waals surface area contributed by atoms with Crippen molar-refractivity contribution >= 4 is 34.5 Å². The largest absolute Gasteiger partial charge is 0.465 e. The van der Waals surface area contributed by atoms with Crippen LogP contribution < -0.4 is 15.5 Å². The summed E-state index contributed by atoms with van der Waals surface area (Å²) in [5.41, 5.74) is 2.95. The van der Waals surface area contributed by atoms with Gasteiger partial charge in [-0.1, -0.05) is 13.8 Å². The molecule has 4 heterocycles. The van der Waals surface area contributed by atoms with Gasteiger partial charge < -0.3 is 25.1 Å². The number of aromatic nitrogens is 2. The Morgan fingerprint density at radius 2 is 2.12 bits per heavy atom. The number of rotatable bonds is 6. The van der Waals surface area contributed by atoms with Crippen molar-refractivity contribution in [3.05, 3.63) is 48.1 Å². The minimum absolute atomic E-state index is 0.185. The Bertz CT molecular complexity index is 1130. The molecular formula is C23H27N5O4. The van der Waals surface area contributed by atoms with E-state index in [9.17, 15) is 9.59 Å². The van der Waals surface area contributed by atoms with Crippen molar-refractivity contribution in [1.82, 2.24) is 15.3 Å². The van der Waals surface area contributed by atoms with Crippen LogP contribution in [0.1, 0.15) is 42.9 Å². The van der Waals surface area contributed by atoms with E-state index in [1.165, 1.54) is 0 Å². The maximum absolute atomic E-state index is 13.0. The molecule has 0 unspecified atom stereocenters. The molecule has 2 atom stereocenters. The Balaban J connectivity index is 1.54. The van der Waals surface area contributed by atoms with Gasteiger partial charge in [0, 0.05) is 37.8 Å². The SMILES string of the molecule is CCCc1cc2nc(C(=O)Nc3cnccc3N3C[C@H](C)C[C@H](NC(=O)O)C3)ccc2o1. The Labute approximate surface area is 185 Å². The van der Waals surface area contributed by atoms with E-state index < -0.39 is 6.09 Å². The van der Waals surface area contributed by atoms with Crippen LogP contribution >= 0.6 is 0 Å². The third-order valence-corrected chi connectivity index (χ3v) is 5.53. The summed E-state index contributed by atoms with van der Waals surface area (Å²) in [6.45, 7) is 5.43. The van der Waals surface area contributed by atoms with Crippen LogP contribution in [0.4, 0.5) is 16.2 Å². The van der Waals surface area contributed by atoms with E-state index in [1.54, 1.807) is 24.5 Å². The third-order valence-electron chi connectivity index (χ3n) is 5.53. The highest BCUT2D eigenvalue weighted by molar-refractivity contribution is 6.05. The van der Waals surface area contributed by atoms with Crippen LogP contribution in [0.25, 0.3) is 11.1 Å². The van der Waals surface area contributed by atoms with E-state index in [4.69, 9.17) is 9.52 Å². The lowest BCUT2D eigenvalue weighted by Crippen LogP contribution is -2.50. The molecule has 1 aliphatic heterocycles. The molecule has 3 aromatic heterocycles. The van der Waals surface area contributed by atoms with Gasteiger partial charge in [-0.05, 0) is 37.0 Å². The van der Waals surface area contributed by atoms with Gasteiger partial charge >= 0.3 is 6.09 Å². The summed E-state index contributed by atoms with van der Waals surface area (Å²) in [7, 11) is 0. The number of piperidine rings is 1. The van der Waals surface area contributed by atoms with Gasteiger partial charge in [-0.15, -0.1) is 0 Å². The normalized spacial score (nSPS) is 18.5. The van der Waals surface area contributed by atoms with Gasteiger partial charge in [-0.25, -0.2) is 9.78 Å². The molecular weight excluding hydrogens is 410 g/mol. The number of carbonyl (C=O) groups is 2. The highest BCUT2D eigenvalue weighted by Gasteiger charge is 2.27. The number of carbonyl (C=O) groups excluding carboxylic acids is 1. The fourth-order valence-electron chi connectivity index (χ4n) is 4.24. The average molecular weight is 438 g/mol. The summed E-state index contributed by atoms with van der Waals surface area (Å²) in [5.74, 6) is 0.801. The summed E-state index contributed by atoms with van der Waals surface area (Å²) in [4.78, 5) is 34.8. The molecule has 4 rings (SSSR count). The lowest BCUT2D eigenvalue weighted by Gasteiger charge is -2.38. The van der Waals surface area contributed by atoms with E-state index in [0.717, 1.165) is 37.3 Å². The number of nitrogens with zero attached hydrogens (tertiary/aromatic N) is 3. The smallest absolute Gasteiger partial charge is 0.404 e. The van der Waals surface area contributed by atoms with Crippen LogP contribution in [0.15, 0.2) is 41.1 Å². The fourth-order valence-corrected chi connectivity index (χ4v) is 4.24. The zero-order chi connectivity index (χ0) is 22.7. The number of hydrogen-bond donors (Lipinski definition) is 3. The zero-order valence-corrected chi connectivity index (χ0v) is 18.2. The lowest BCUT2D eigenvalue weighted by atomic mass is 9.95. The van der Waals surface area contributed by atoms with Crippen molar-refractivity contribution in [1.29, 1.82) is 0 Å². The number of carboxylic acid groups (broad SMARTS) is 1. The Morgan fingerprint density at radius 1 is 1.28 bits per heavy atom. The number of anilines is 2. The van der Waals surface area contributed by atoms with Gasteiger partial charge in [0.05, 0.1) is 17.6 Å². The molecule has 3 aromatic rings. The van der Waals surface area contributed by atoms with Gasteiger partial charge in [0.15, 0.2) is 5.58 Å². The minimum Gasteiger partial charge on any atom is -0.465 e. The molecule has 0 saturated carbocycles. The Kier molecular flexibility index (Phi) is 6.25. The van der Waals surface area contributed by atoms with Gasteiger partial charge in [-0.3, -0.25) is 9.78 Å². The standard InChI is InChI=1S/C23H27N5O4/c1-3-4-16-10-18-21(32-16)6-5-17(26-18)22(29)27-19-11-24-8-7-20(19)28-12-14(2)9-15(13-28)25-23(30)31/h5-8,10-11,14-15,25H,3-4,9,12-13H2,1-2H3,(H,27,29)(H,30,31)/t14-,15+/m1/s1. The van der Waals surface area contributed by atoms with Crippen molar-refractivity contribution < 1.29 is 19.1 Å². The zero-order valence-electron chi connectivity index (χ0n) is 18.2. The Hall–Kier alpha value is -3.62. The van der Waals surface area contributed by atoms with Crippen molar-refractivity contribution in [2.45, 2.75) is 39.2 Å². The first-order valence-electron chi connectivity index (χ1n) is 10.8. The van der Waals surface area contributed by atoms with E-state index in [0.29, 0.717) is 29.2 Å². The molecule has 0 radical (unpaired) electrons. The molecule has 0 aromatic carbocycles. The number of amides is 2. The van der Waals surface area contributed by atoms with Crippen LogP contribution in [0.3, 0.4) is 0 Å². The molecule has 0 aliphatic carbocycles. The molecule has 9 heteroatoms. The molecule has 1 fully saturated rings. The second-order valence-electron chi connectivity index (χ2n) is 8.28. The average Bonchev–Trinajstić information content (AvgIpc) is 3.15. The van der Waals surface area contributed by atoms with Crippen molar-refractivity contribution in [2.24, 2.45) is 5.92 Å². The quantitative estimate of drug-likeness (QED) is 0.535. The summed E-state index contributed by atoms with van der Waals surface area (Å²) >= 11 is 0. The Morgan fingerprint density at radius 3 is 2.91 bits per heavy atom. The van der Waals surface area contributed by atoms with Crippen molar-refractivity contribution in [3.8, 4) is 0 Å². The first kappa shape index (κ1) is 21.6. The van der Waals surface area contributed by atoms with Crippen LogP contribution in [-0.2, 0) is 6.42 Å². The minimum atomic E-state index is -1.03. The van der Waals surface area contributed by atoms with Crippen LogP contribution in [0.5, 0.6) is 0 Å². The topological polar surface area (TPSA) is 121 Å².